The largest absolute Gasteiger partial charge is 0.354 e. The number of fused-ring (bicyclic) bond motifs is 1. The van der Waals surface area contributed by atoms with Crippen LogP contribution < -0.4 is 5.32 Å². The van der Waals surface area contributed by atoms with E-state index in [1.807, 2.05) is 24.3 Å². The molecule has 0 bridgehead atoms. The van der Waals surface area contributed by atoms with Crippen LogP contribution in [0.1, 0.15) is 24.0 Å². The minimum Gasteiger partial charge on any atom is -0.354 e. The summed E-state index contributed by atoms with van der Waals surface area (Å²) in [6.45, 7) is 2.82. The van der Waals surface area contributed by atoms with Crippen LogP contribution in [0.15, 0.2) is 30.5 Å². The van der Waals surface area contributed by atoms with Crippen LogP contribution in [0.4, 0.5) is 10.3 Å². The third-order valence-electron chi connectivity index (χ3n) is 3.01. The van der Waals surface area contributed by atoms with Crippen LogP contribution in [0, 0.1) is 5.82 Å². The zero-order valence-electron chi connectivity index (χ0n) is 11.6. The molecular formula is C15H15FN4S. The molecule has 0 aliphatic rings. The van der Waals surface area contributed by atoms with Gasteiger partial charge < -0.3 is 5.32 Å². The summed E-state index contributed by atoms with van der Waals surface area (Å²) in [6, 6.07) is 7.90. The Hall–Kier alpha value is -2.08. The fraction of sp³-hybridized carbons (Fsp3) is 0.267. The highest BCUT2D eigenvalue weighted by Crippen LogP contribution is 2.24. The number of benzene rings is 1. The van der Waals surface area contributed by atoms with E-state index in [-0.39, 0.29) is 0 Å². The highest BCUT2D eigenvalue weighted by molar-refractivity contribution is 7.18. The van der Waals surface area contributed by atoms with Gasteiger partial charge in [0, 0.05) is 13.0 Å². The van der Waals surface area contributed by atoms with Crippen molar-refractivity contribution in [3.8, 4) is 0 Å². The predicted molar refractivity (Wildman–Crippen MR) is 83.2 cm³/mol. The topological polar surface area (TPSA) is 50.7 Å². The molecule has 3 rings (SSSR count). The van der Waals surface area contributed by atoms with Crippen molar-refractivity contribution in [2.24, 2.45) is 0 Å². The molecule has 0 radical (unpaired) electrons. The number of anilines is 1. The van der Waals surface area contributed by atoms with E-state index < -0.39 is 5.82 Å². The van der Waals surface area contributed by atoms with Gasteiger partial charge in [0.15, 0.2) is 5.82 Å². The summed E-state index contributed by atoms with van der Waals surface area (Å²) in [5, 5.41) is 3.93. The van der Waals surface area contributed by atoms with E-state index in [1.165, 1.54) is 6.20 Å². The molecule has 0 amide bonds. The minimum atomic E-state index is -0.392. The van der Waals surface area contributed by atoms with Crippen LogP contribution in [-0.4, -0.2) is 21.5 Å². The van der Waals surface area contributed by atoms with Gasteiger partial charge in [-0.1, -0.05) is 19.1 Å². The maximum atomic E-state index is 13.9. The zero-order valence-corrected chi connectivity index (χ0v) is 12.5. The molecule has 0 aliphatic carbocycles. The van der Waals surface area contributed by atoms with Gasteiger partial charge in [0.1, 0.15) is 0 Å². The Kier molecular flexibility index (Phi) is 4.06. The molecule has 1 N–H and O–H groups in total. The Labute approximate surface area is 126 Å². The normalized spacial score (nSPS) is 11.0. The third kappa shape index (κ3) is 3.16. The summed E-state index contributed by atoms with van der Waals surface area (Å²) in [4.78, 5) is 12.7. The first-order chi connectivity index (χ1) is 10.3. The molecule has 3 aromatic rings. The number of nitrogens with one attached hydrogen (secondary N) is 1. The fourth-order valence-electron chi connectivity index (χ4n) is 1.99. The molecule has 6 heteroatoms. The average molecular weight is 302 g/mol. The number of nitrogens with zero attached hydrogens (tertiary/aromatic N) is 3. The molecule has 2 heterocycles. The van der Waals surface area contributed by atoms with Gasteiger partial charge in [0.2, 0.25) is 5.95 Å². The van der Waals surface area contributed by atoms with Gasteiger partial charge in [-0.2, -0.15) is 0 Å². The highest BCUT2D eigenvalue weighted by Gasteiger charge is 2.11. The lowest BCUT2D eigenvalue weighted by molar-refractivity contribution is 0.596. The Balaban J connectivity index is 1.86. The van der Waals surface area contributed by atoms with Gasteiger partial charge in [0.05, 0.1) is 27.1 Å². The van der Waals surface area contributed by atoms with Crippen molar-refractivity contribution in [3.63, 3.8) is 0 Å². The van der Waals surface area contributed by atoms with Crippen molar-refractivity contribution in [3.05, 3.63) is 47.0 Å². The lowest BCUT2D eigenvalue weighted by Gasteiger charge is -2.05. The number of hydrogen-bond acceptors (Lipinski definition) is 5. The molecule has 0 atom stereocenters. The summed E-state index contributed by atoms with van der Waals surface area (Å²) in [6.07, 6.45) is 2.57. The maximum absolute atomic E-state index is 13.9. The van der Waals surface area contributed by atoms with Crippen molar-refractivity contribution in [2.45, 2.75) is 19.8 Å². The number of hydrogen-bond donors (Lipinski definition) is 1. The number of thiazole rings is 1. The van der Waals surface area contributed by atoms with Crippen LogP contribution in [0.2, 0.25) is 0 Å². The molecular weight excluding hydrogens is 287 g/mol. The summed E-state index contributed by atoms with van der Waals surface area (Å²) in [5.74, 6) is 0.0747. The number of rotatable bonds is 5. The maximum Gasteiger partial charge on any atom is 0.223 e. The van der Waals surface area contributed by atoms with Gasteiger partial charge in [-0.25, -0.2) is 19.3 Å². The Morgan fingerprint density at radius 1 is 1.24 bits per heavy atom. The Morgan fingerprint density at radius 2 is 2.10 bits per heavy atom. The Bertz CT molecular complexity index is 723. The molecule has 0 fully saturated rings. The molecule has 0 saturated carbocycles. The molecule has 1 aromatic carbocycles. The van der Waals surface area contributed by atoms with E-state index >= 15 is 0 Å². The summed E-state index contributed by atoms with van der Waals surface area (Å²) < 4.78 is 15.0. The quantitative estimate of drug-likeness (QED) is 0.782. The van der Waals surface area contributed by atoms with Crippen LogP contribution in [-0.2, 0) is 6.42 Å². The zero-order chi connectivity index (χ0) is 14.7. The summed E-state index contributed by atoms with van der Waals surface area (Å²) >= 11 is 1.57. The SMILES string of the molecule is CCCNc1ncc(F)c(Cc2nc3ccccc3s2)n1. The summed E-state index contributed by atoms with van der Waals surface area (Å²) in [5.41, 5.74) is 1.32. The number of aromatic nitrogens is 3. The molecule has 108 valence electrons. The van der Waals surface area contributed by atoms with Crippen molar-refractivity contribution >= 4 is 27.5 Å². The smallest absolute Gasteiger partial charge is 0.223 e. The molecule has 0 spiro atoms. The lowest BCUT2D eigenvalue weighted by Crippen LogP contribution is -2.07. The van der Waals surface area contributed by atoms with Gasteiger partial charge in [-0.15, -0.1) is 11.3 Å². The lowest BCUT2D eigenvalue weighted by atomic mass is 10.3. The second-order valence-corrected chi connectivity index (χ2v) is 5.78. The molecule has 0 aliphatic heterocycles. The van der Waals surface area contributed by atoms with Crippen molar-refractivity contribution in [1.82, 2.24) is 15.0 Å². The predicted octanol–water partition coefficient (Wildman–Crippen LogP) is 3.64. The van der Waals surface area contributed by atoms with Crippen LogP contribution in [0.25, 0.3) is 10.2 Å². The van der Waals surface area contributed by atoms with Crippen LogP contribution >= 0.6 is 11.3 Å². The standard InChI is InChI=1S/C15H15FN4S/c1-2-7-17-15-18-9-10(16)12(20-15)8-14-19-11-5-3-4-6-13(11)21-14/h3-6,9H,2,7-8H2,1H3,(H,17,18,20). The average Bonchev–Trinajstić information content (AvgIpc) is 2.90. The monoisotopic (exact) mass is 302 g/mol. The first kappa shape index (κ1) is 13.9. The van der Waals surface area contributed by atoms with Crippen molar-refractivity contribution in [2.75, 3.05) is 11.9 Å². The third-order valence-corrected chi connectivity index (χ3v) is 4.04. The van der Waals surface area contributed by atoms with E-state index in [1.54, 1.807) is 11.3 Å². The van der Waals surface area contributed by atoms with E-state index in [0.717, 1.165) is 28.2 Å². The van der Waals surface area contributed by atoms with E-state index in [4.69, 9.17) is 0 Å². The second-order valence-electron chi connectivity index (χ2n) is 4.67. The number of para-hydroxylation sites is 1. The van der Waals surface area contributed by atoms with Crippen molar-refractivity contribution < 1.29 is 4.39 Å². The van der Waals surface area contributed by atoms with Gasteiger partial charge in [0.25, 0.3) is 0 Å². The molecule has 4 nitrogen and oxygen atoms in total. The van der Waals surface area contributed by atoms with Crippen molar-refractivity contribution in [1.29, 1.82) is 0 Å². The molecule has 2 aromatic heterocycles. The highest BCUT2D eigenvalue weighted by atomic mass is 32.1. The van der Waals surface area contributed by atoms with E-state index in [0.29, 0.717) is 18.1 Å². The Morgan fingerprint density at radius 3 is 2.90 bits per heavy atom. The molecule has 0 unspecified atom stereocenters. The summed E-state index contributed by atoms with van der Waals surface area (Å²) in [7, 11) is 0. The number of halogens is 1. The second kappa shape index (κ2) is 6.13. The van der Waals surface area contributed by atoms with Gasteiger partial charge >= 0.3 is 0 Å². The van der Waals surface area contributed by atoms with Gasteiger partial charge in [-0.05, 0) is 18.6 Å². The molecule has 0 saturated heterocycles. The van der Waals surface area contributed by atoms with Gasteiger partial charge in [-0.3, -0.25) is 0 Å². The van der Waals surface area contributed by atoms with E-state index in [2.05, 4.69) is 27.2 Å². The van der Waals surface area contributed by atoms with E-state index in [9.17, 15) is 4.39 Å². The minimum absolute atomic E-state index is 0.377. The fourth-order valence-corrected chi connectivity index (χ4v) is 2.96. The molecule has 21 heavy (non-hydrogen) atoms. The first-order valence-corrected chi connectivity index (χ1v) is 7.67. The van der Waals surface area contributed by atoms with Crippen LogP contribution in [0.3, 0.4) is 0 Å². The first-order valence-electron chi connectivity index (χ1n) is 6.86. The van der Waals surface area contributed by atoms with Crippen LogP contribution in [0.5, 0.6) is 0 Å².